The molecule has 1 atom stereocenters. The van der Waals surface area contributed by atoms with Crippen molar-refractivity contribution >= 4 is 11.8 Å². The molecule has 3 N–H and O–H groups in total. The summed E-state index contributed by atoms with van der Waals surface area (Å²) in [4.78, 5) is 14.7. The van der Waals surface area contributed by atoms with E-state index < -0.39 is 12.1 Å². The Balaban J connectivity index is 2.51. The maximum atomic E-state index is 10.7. The lowest BCUT2D eigenvalue weighted by atomic mass is 10.1. The first kappa shape index (κ1) is 13.4. The van der Waals surface area contributed by atoms with Crippen LogP contribution in [0.5, 0.6) is 0 Å². The fraction of sp³-hybridized carbons (Fsp3) is 0.500. The number of aromatic carboxylic acids is 1. The average Bonchev–Trinajstić information content (AvgIpc) is 2.26. The van der Waals surface area contributed by atoms with Crippen molar-refractivity contribution in [2.45, 2.75) is 26.4 Å². The molecule has 94 valence electrons. The Bertz CT molecular complexity index is 380. The van der Waals surface area contributed by atoms with Crippen LogP contribution >= 0.6 is 0 Å². The van der Waals surface area contributed by atoms with E-state index in [0.717, 1.165) is 0 Å². The maximum absolute atomic E-state index is 10.7. The molecule has 0 aromatic carbocycles. The van der Waals surface area contributed by atoms with Crippen LogP contribution in [-0.4, -0.2) is 33.8 Å². The molecule has 0 spiro atoms. The number of anilines is 1. The van der Waals surface area contributed by atoms with Gasteiger partial charge in [0.25, 0.3) is 0 Å². The molecule has 5 heteroatoms. The lowest BCUT2D eigenvalue weighted by molar-refractivity contribution is 0.0697. The third-order valence-corrected chi connectivity index (χ3v) is 2.27. The fourth-order valence-corrected chi connectivity index (χ4v) is 1.51. The van der Waals surface area contributed by atoms with Crippen LogP contribution in [0.25, 0.3) is 0 Å². The molecule has 5 nitrogen and oxygen atoms in total. The summed E-state index contributed by atoms with van der Waals surface area (Å²) in [7, 11) is 0. The van der Waals surface area contributed by atoms with Crippen molar-refractivity contribution < 1.29 is 15.0 Å². The Morgan fingerprint density at radius 3 is 2.82 bits per heavy atom. The Morgan fingerprint density at radius 2 is 2.24 bits per heavy atom. The van der Waals surface area contributed by atoms with Gasteiger partial charge >= 0.3 is 5.97 Å². The van der Waals surface area contributed by atoms with Gasteiger partial charge in [0, 0.05) is 12.7 Å². The molecule has 0 saturated carbocycles. The van der Waals surface area contributed by atoms with Crippen LogP contribution in [0.4, 0.5) is 5.82 Å². The Hall–Kier alpha value is -1.62. The highest BCUT2D eigenvalue weighted by atomic mass is 16.4. The molecule has 0 aliphatic rings. The second-order valence-corrected chi connectivity index (χ2v) is 4.40. The number of nitrogens with zero attached hydrogens (tertiary/aromatic N) is 1. The molecule has 1 aromatic heterocycles. The van der Waals surface area contributed by atoms with Crippen LogP contribution in [0, 0.1) is 5.92 Å². The zero-order chi connectivity index (χ0) is 12.8. The van der Waals surface area contributed by atoms with Crippen molar-refractivity contribution in [1.82, 2.24) is 4.98 Å². The standard InChI is InChI=1S/C12H18N2O3/c1-8(2)5-10(15)7-14-11-6-9(12(16)17)3-4-13-11/h3-4,6,8,10,15H,5,7H2,1-2H3,(H,13,14)(H,16,17). The highest BCUT2D eigenvalue weighted by Gasteiger charge is 2.08. The van der Waals surface area contributed by atoms with E-state index in [9.17, 15) is 9.90 Å². The lowest BCUT2D eigenvalue weighted by Gasteiger charge is -2.14. The minimum atomic E-state index is -0.988. The maximum Gasteiger partial charge on any atom is 0.335 e. The van der Waals surface area contributed by atoms with Crippen LogP contribution in [0.3, 0.4) is 0 Å². The number of aromatic nitrogens is 1. The smallest absolute Gasteiger partial charge is 0.335 e. The van der Waals surface area contributed by atoms with Gasteiger partial charge in [0.1, 0.15) is 5.82 Å². The van der Waals surface area contributed by atoms with Crippen LogP contribution in [-0.2, 0) is 0 Å². The summed E-state index contributed by atoms with van der Waals surface area (Å²) in [6, 6.07) is 2.88. The molecule has 0 aliphatic heterocycles. The van der Waals surface area contributed by atoms with Crippen LogP contribution < -0.4 is 5.32 Å². The molecule has 0 radical (unpaired) electrons. The summed E-state index contributed by atoms with van der Waals surface area (Å²) < 4.78 is 0. The molecule has 0 bridgehead atoms. The van der Waals surface area contributed by atoms with E-state index >= 15 is 0 Å². The number of hydrogen-bond donors (Lipinski definition) is 3. The first-order valence-corrected chi connectivity index (χ1v) is 5.60. The predicted molar refractivity (Wildman–Crippen MR) is 65.1 cm³/mol. The number of nitrogens with one attached hydrogen (secondary N) is 1. The quantitative estimate of drug-likeness (QED) is 0.701. The molecule has 1 rings (SSSR count). The highest BCUT2D eigenvalue weighted by molar-refractivity contribution is 5.88. The zero-order valence-corrected chi connectivity index (χ0v) is 10.1. The van der Waals surface area contributed by atoms with Gasteiger partial charge < -0.3 is 15.5 Å². The summed E-state index contributed by atoms with van der Waals surface area (Å²) >= 11 is 0. The number of rotatable bonds is 6. The number of aliphatic hydroxyl groups is 1. The molecule has 0 aliphatic carbocycles. The number of carbonyl (C=O) groups is 1. The molecule has 0 amide bonds. The monoisotopic (exact) mass is 238 g/mol. The fourth-order valence-electron chi connectivity index (χ4n) is 1.51. The third kappa shape index (κ3) is 4.82. The van der Waals surface area contributed by atoms with Gasteiger partial charge in [-0.05, 0) is 24.5 Å². The highest BCUT2D eigenvalue weighted by Crippen LogP contribution is 2.09. The molecular weight excluding hydrogens is 220 g/mol. The summed E-state index contributed by atoms with van der Waals surface area (Å²) in [5, 5.41) is 21.4. The molecule has 1 unspecified atom stereocenters. The minimum Gasteiger partial charge on any atom is -0.478 e. The van der Waals surface area contributed by atoms with E-state index in [1.165, 1.54) is 18.3 Å². The molecule has 0 fully saturated rings. The number of pyridine rings is 1. The van der Waals surface area contributed by atoms with E-state index in [4.69, 9.17) is 5.11 Å². The van der Waals surface area contributed by atoms with Crippen LogP contribution in [0.2, 0.25) is 0 Å². The van der Waals surface area contributed by atoms with Crippen molar-refractivity contribution in [3.05, 3.63) is 23.9 Å². The van der Waals surface area contributed by atoms with E-state index in [2.05, 4.69) is 10.3 Å². The molecule has 1 heterocycles. The van der Waals surface area contributed by atoms with E-state index in [0.29, 0.717) is 24.7 Å². The SMILES string of the molecule is CC(C)CC(O)CNc1cc(C(=O)O)ccn1. The molecule has 0 saturated heterocycles. The van der Waals surface area contributed by atoms with Crippen molar-refractivity contribution in [3.63, 3.8) is 0 Å². The first-order valence-electron chi connectivity index (χ1n) is 5.60. The van der Waals surface area contributed by atoms with Gasteiger partial charge in [0.05, 0.1) is 11.7 Å². The molecule has 1 aromatic rings. The number of carboxylic acid groups (broad SMARTS) is 1. The second-order valence-electron chi connectivity index (χ2n) is 4.40. The van der Waals surface area contributed by atoms with Gasteiger partial charge in [0.15, 0.2) is 0 Å². The summed E-state index contributed by atoms with van der Waals surface area (Å²) in [5.41, 5.74) is 0.181. The van der Waals surface area contributed by atoms with Crippen molar-refractivity contribution in [3.8, 4) is 0 Å². The normalized spacial score (nSPS) is 12.5. The molecule has 17 heavy (non-hydrogen) atoms. The first-order chi connectivity index (χ1) is 7.99. The number of carboxylic acids is 1. The average molecular weight is 238 g/mol. The summed E-state index contributed by atoms with van der Waals surface area (Å²) in [6.45, 7) is 4.44. The van der Waals surface area contributed by atoms with Gasteiger partial charge in [-0.15, -0.1) is 0 Å². The Labute approximate surface area is 101 Å². The van der Waals surface area contributed by atoms with Crippen LogP contribution in [0.15, 0.2) is 18.3 Å². The Morgan fingerprint density at radius 1 is 1.53 bits per heavy atom. The predicted octanol–water partition coefficient (Wildman–Crippen LogP) is 1.60. The summed E-state index contributed by atoms with van der Waals surface area (Å²) in [5.74, 6) is -0.101. The van der Waals surface area contributed by atoms with Crippen molar-refractivity contribution in [2.24, 2.45) is 5.92 Å². The van der Waals surface area contributed by atoms with Gasteiger partial charge in [-0.3, -0.25) is 0 Å². The van der Waals surface area contributed by atoms with E-state index in [1.54, 1.807) is 0 Å². The van der Waals surface area contributed by atoms with Gasteiger partial charge in [0.2, 0.25) is 0 Å². The van der Waals surface area contributed by atoms with Gasteiger partial charge in [-0.1, -0.05) is 13.8 Å². The second kappa shape index (κ2) is 6.20. The largest absolute Gasteiger partial charge is 0.478 e. The van der Waals surface area contributed by atoms with Gasteiger partial charge in [-0.2, -0.15) is 0 Å². The van der Waals surface area contributed by atoms with E-state index in [1.807, 2.05) is 13.8 Å². The van der Waals surface area contributed by atoms with E-state index in [-0.39, 0.29) is 5.56 Å². The number of hydrogen-bond acceptors (Lipinski definition) is 4. The lowest BCUT2D eigenvalue weighted by Crippen LogP contribution is -2.21. The van der Waals surface area contributed by atoms with Crippen molar-refractivity contribution in [2.75, 3.05) is 11.9 Å². The third-order valence-electron chi connectivity index (χ3n) is 2.27. The van der Waals surface area contributed by atoms with Crippen LogP contribution in [0.1, 0.15) is 30.6 Å². The zero-order valence-electron chi connectivity index (χ0n) is 10.1. The molecular formula is C12H18N2O3. The Kier molecular flexibility index (Phi) is 4.90. The minimum absolute atomic E-state index is 0.181. The summed E-state index contributed by atoms with van der Waals surface area (Å²) in [6.07, 6.45) is 1.68. The topological polar surface area (TPSA) is 82.5 Å². The number of aliphatic hydroxyl groups excluding tert-OH is 1. The van der Waals surface area contributed by atoms with Gasteiger partial charge in [-0.25, -0.2) is 9.78 Å². The van der Waals surface area contributed by atoms with Crippen molar-refractivity contribution in [1.29, 1.82) is 0 Å².